The number of benzene rings is 10. The Morgan fingerprint density at radius 2 is 0.683 bits per heavy atom. The molecule has 3 nitrogen and oxygen atoms in total. The average molecular weight is 805 g/mol. The van der Waals surface area contributed by atoms with Crippen LogP contribution in [0, 0.1) is 0 Å². The number of fused-ring (bicyclic) bond motifs is 6. The molecule has 0 N–H and O–H groups in total. The predicted molar refractivity (Wildman–Crippen MR) is 264 cm³/mol. The minimum atomic E-state index is 0.912. The quantitative estimate of drug-likeness (QED) is 0.153. The molecule has 3 heteroatoms. The Hall–Kier alpha value is -8.40. The van der Waals surface area contributed by atoms with E-state index in [2.05, 4.69) is 240 Å². The molecule has 12 aromatic rings. The van der Waals surface area contributed by atoms with Gasteiger partial charge in [0.2, 0.25) is 0 Å². The van der Waals surface area contributed by atoms with E-state index >= 15 is 0 Å². The first kappa shape index (κ1) is 36.5. The van der Waals surface area contributed by atoms with Crippen molar-refractivity contribution in [2.24, 2.45) is 0 Å². The zero-order chi connectivity index (χ0) is 41.7. The smallest absolute Gasteiger partial charge is 0.143 e. The van der Waals surface area contributed by atoms with Crippen molar-refractivity contribution in [3.05, 3.63) is 243 Å². The maximum absolute atomic E-state index is 6.36. The Balaban J connectivity index is 0.888. The molecule has 0 fully saturated rings. The Kier molecular flexibility index (Phi) is 8.83. The van der Waals surface area contributed by atoms with Gasteiger partial charge in [0.15, 0.2) is 0 Å². The first-order chi connectivity index (χ1) is 31.2. The number of anilines is 3. The molecule has 63 heavy (non-hydrogen) atoms. The van der Waals surface area contributed by atoms with Crippen LogP contribution < -0.4 is 4.90 Å². The van der Waals surface area contributed by atoms with E-state index in [4.69, 9.17) is 4.42 Å². The number of nitrogens with zero attached hydrogens (tertiary/aromatic N) is 2. The topological polar surface area (TPSA) is 21.3 Å². The Bertz CT molecular complexity index is 3510. The van der Waals surface area contributed by atoms with E-state index in [1.165, 1.54) is 44.1 Å². The Labute approximate surface area is 366 Å². The van der Waals surface area contributed by atoms with Gasteiger partial charge in [-0.05, 0) is 106 Å². The molecule has 0 atom stereocenters. The second kappa shape index (κ2) is 15.3. The van der Waals surface area contributed by atoms with E-state index < -0.39 is 0 Å². The third-order valence-electron chi connectivity index (χ3n) is 12.5. The van der Waals surface area contributed by atoms with Gasteiger partial charge in [0, 0.05) is 49.9 Å². The van der Waals surface area contributed by atoms with Crippen LogP contribution in [0.15, 0.2) is 247 Å². The highest BCUT2D eigenvalue weighted by Gasteiger charge is 2.17. The molecule has 2 aromatic heterocycles. The fourth-order valence-corrected chi connectivity index (χ4v) is 9.31. The maximum Gasteiger partial charge on any atom is 0.143 e. The highest BCUT2D eigenvalue weighted by molar-refractivity contribution is 6.10. The third-order valence-corrected chi connectivity index (χ3v) is 12.5. The van der Waals surface area contributed by atoms with Crippen molar-refractivity contribution < 1.29 is 4.42 Å². The molecule has 0 amide bonds. The molecule has 0 radical (unpaired) electrons. The summed E-state index contributed by atoms with van der Waals surface area (Å²) in [5, 5.41) is 4.79. The molecule has 0 saturated heterocycles. The van der Waals surface area contributed by atoms with E-state index in [1.807, 2.05) is 12.1 Å². The highest BCUT2D eigenvalue weighted by atomic mass is 16.3. The number of para-hydroxylation sites is 4. The standard InChI is InChI=1S/C60H40N2O/c1-2-11-41(12-3-1)42-21-23-43(24-22-42)45-29-33-48(34-30-45)61(50-37-39-51(40-38-50)62-57-18-7-4-13-53(57)54-14-5-8-19-58(54)62)49-35-31-46(32-36-49)44-25-27-47(28-26-44)52-16-10-17-56-55-15-6-9-20-59(55)63-60(52)56/h1-40H. The molecule has 0 saturated carbocycles. The number of hydrogen-bond acceptors (Lipinski definition) is 2. The Morgan fingerprint density at radius 3 is 1.22 bits per heavy atom. The molecule has 0 unspecified atom stereocenters. The van der Waals surface area contributed by atoms with Crippen molar-refractivity contribution in [1.82, 2.24) is 4.57 Å². The molecular weight excluding hydrogens is 765 g/mol. The van der Waals surface area contributed by atoms with Crippen LogP contribution >= 0.6 is 0 Å². The molecule has 0 aliphatic rings. The maximum atomic E-state index is 6.36. The van der Waals surface area contributed by atoms with E-state index in [-0.39, 0.29) is 0 Å². The van der Waals surface area contributed by atoms with Gasteiger partial charge in [0.05, 0.1) is 11.0 Å². The lowest BCUT2D eigenvalue weighted by atomic mass is 9.98. The second-order valence-corrected chi connectivity index (χ2v) is 16.1. The van der Waals surface area contributed by atoms with Crippen molar-refractivity contribution >= 4 is 60.8 Å². The van der Waals surface area contributed by atoms with Crippen molar-refractivity contribution in [1.29, 1.82) is 0 Å². The number of hydrogen-bond donors (Lipinski definition) is 0. The van der Waals surface area contributed by atoms with Gasteiger partial charge in [-0.25, -0.2) is 0 Å². The fraction of sp³-hybridized carbons (Fsp3) is 0. The summed E-state index contributed by atoms with van der Waals surface area (Å²) in [6.07, 6.45) is 0. The molecule has 0 spiro atoms. The summed E-state index contributed by atoms with van der Waals surface area (Å²) >= 11 is 0. The first-order valence-electron chi connectivity index (χ1n) is 21.5. The van der Waals surface area contributed by atoms with Crippen molar-refractivity contribution in [3.63, 3.8) is 0 Å². The molecule has 296 valence electrons. The van der Waals surface area contributed by atoms with Crippen LogP contribution in [0.1, 0.15) is 0 Å². The monoisotopic (exact) mass is 804 g/mol. The van der Waals surface area contributed by atoms with Gasteiger partial charge < -0.3 is 13.9 Å². The van der Waals surface area contributed by atoms with Gasteiger partial charge in [0.1, 0.15) is 11.2 Å². The summed E-state index contributed by atoms with van der Waals surface area (Å²) in [4.78, 5) is 2.35. The summed E-state index contributed by atoms with van der Waals surface area (Å²) in [6, 6.07) is 87.0. The normalized spacial score (nSPS) is 11.5. The minimum Gasteiger partial charge on any atom is -0.455 e. The van der Waals surface area contributed by atoms with Gasteiger partial charge in [-0.15, -0.1) is 0 Å². The Morgan fingerprint density at radius 1 is 0.286 bits per heavy atom. The zero-order valence-electron chi connectivity index (χ0n) is 34.4. The molecule has 12 rings (SSSR count). The minimum absolute atomic E-state index is 0.912. The number of aromatic nitrogens is 1. The largest absolute Gasteiger partial charge is 0.455 e. The zero-order valence-corrected chi connectivity index (χ0v) is 34.4. The lowest BCUT2D eigenvalue weighted by molar-refractivity contribution is 0.670. The summed E-state index contributed by atoms with van der Waals surface area (Å²) in [5.41, 5.74) is 17.9. The van der Waals surface area contributed by atoms with Crippen LogP contribution in [0.2, 0.25) is 0 Å². The molecule has 0 aliphatic heterocycles. The summed E-state index contributed by atoms with van der Waals surface area (Å²) in [5.74, 6) is 0. The van der Waals surface area contributed by atoms with Crippen LogP contribution in [0.25, 0.3) is 93.9 Å². The summed E-state index contributed by atoms with van der Waals surface area (Å²) < 4.78 is 8.73. The molecule has 10 aromatic carbocycles. The van der Waals surface area contributed by atoms with Crippen LogP contribution in [0.4, 0.5) is 17.1 Å². The number of rotatable bonds is 8. The SMILES string of the molecule is c1ccc(-c2ccc(-c3ccc(N(c4ccc(-c5ccc(-c6cccc7c6oc6ccccc67)cc5)cc4)c4ccc(-n5c6ccccc6c6ccccc65)cc4)cc3)cc2)cc1. The molecular formula is C60H40N2O. The van der Waals surface area contributed by atoms with Gasteiger partial charge >= 0.3 is 0 Å². The lowest BCUT2D eigenvalue weighted by Crippen LogP contribution is -2.10. The highest BCUT2D eigenvalue weighted by Crippen LogP contribution is 2.40. The second-order valence-electron chi connectivity index (χ2n) is 16.1. The first-order valence-corrected chi connectivity index (χ1v) is 21.5. The fourth-order valence-electron chi connectivity index (χ4n) is 9.31. The average Bonchev–Trinajstić information content (AvgIpc) is 3.91. The van der Waals surface area contributed by atoms with Gasteiger partial charge in [0.25, 0.3) is 0 Å². The van der Waals surface area contributed by atoms with Crippen molar-refractivity contribution in [2.45, 2.75) is 0 Å². The molecule has 0 aliphatic carbocycles. The lowest BCUT2D eigenvalue weighted by Gasteiger charge is -2.26. The number of furan rings is 1. The third kappa shape index (κ3) is 6.46. The van der Waals surface area contributed by atoms with E-state index in [1.54, 1.807) is 0 Å². The van der Waals surface area contributed by atoms with Crippen molar-refractivity contribution in [2.75, 3.05) is 4.90 Å². The van der Waals surface area contributed by atoms with Gasteiger partial charge in [-0.2, -0.15) is 0 Å². The molecule has 0 bridgehead atoms. The van der Waals surface area contributed by atoms with Gasteiger partial charge in [-0.1, -0.05) is 176 Å². The van der Waals surface area contributed by atoms with Crippen LogP contribution in [-0.4, -0.2) is 4.57 Å². The van der Waals surface area contributed by atoms with Crippen LogP contribution in [0.3, 0.4) is 0 Å². The van der Waals surface area contributed by atoms with Crippen molar-refractivity contribution in [3.8, 4) is 50.2 Å². The predicted octanol–water partition coefficient (Wildman–Crippen LogP) is 16.8. The van der Waals surface area contributed by atoms with E-state index in [0.29, 0.717) is 0 Å². The summed E-state index contributed by atoms with van der Waals surface area (Å²) in [7, 11) is 0. The van der Waals surface area contributed by atoms with Gasteiger partial charge in [-0.3, -0.25) is 0 Å². The summed E-state index contributed by atoms with van der Waals surface area (Å²) in [6.45, 7) is 0. The van der Waals surface area contributed by atoms with E-state index in [0.717, 1.165) is 66.9 Å². The molecule has 2 heterocycles. The van der Waals surface area contributed by atoms with Crippen LogP contribution in [0.5, 0.6) is 0 Å². The van der Waals surface area contributed by atoms with E-state index in [9.17, 15) is 0 Å². The van der Waals surface area contributed by atoms with Crippen LogP contribution in [-0.2, 0) is 0 Å².